The van der Waals surface area contributed by atoms with Crippen LogP contribution in [0.25, 0.3) is 0 Å². The van der Waals surface area contributed by atoms with E-state index >= 15 is 0 Å². The normalized spacial score (nSPS) is 10.3. The van der Waals surface area contributed by atoms with Gasteiger partial charge in [0.05, 0.1) is 12.3 Å². The molecular weight excluding hydrogens is 188 g/mol. The van der Waals surface area contributed by atoms with Crippen molar-refractivity contribution >= 4 is 0 Å². The number of aromatic nitrogens is 1. The highest BCUT2D eigenvalue weighted by Gasteiger charge is 1.97. The summed E-state index contributed by atoms with van der Waals surface area (Å²) in [6, 6.07) is 5.90. The van der Waals surface area contributed by atoms with Crippen LogP contribution in [0.15, 0.2) is 18.2 Å². The molecule has 0 spiro atoms. The summed E-state index contributed by atoms with van der Waals surface area (Å²) < 4.78 is 5.53. The van der Waals surface area contributed by atoms with Crippen LogP contribution in [-0.4, -0.2) is 18.1 Å². The average Bonchev–Trinajstić information content (AvgIpc) is 2.27. The highest BCUT2D eigenvalue weighted by Crippen LogP contribution is 2.08. The Morgan fingerprint density at radius 3 is 2.93 bits per heavy atom. The summed E-state index contributed by atoms with van der Waals surface area (Å²) in [6.45, 7) is 6.76. The maximum Gasteiger partial charge on any atom is 0.213 e. The fourth-order valence-electron chi connectivity index (χ4n) is 1.21. The summed E-state index contributed by atoms with van der Waals surface area (Å²) in [5, 5.41) is 3.24. The van der Waals surface area contributed by atoms with Crippen LogP contribution in [0.4, 0.5) is 0 Å². The van der Waals surface area contributed by atoms with Gasteiger partial charge in [0.2, 0.25) is 5.88 Å². The quantitative estimate of drug-likeness (QED) is 0.698. The van der Waals surface area contributed by atoms with E-state index in [-0.39, 0.29) is 0 Å². The Labute approximate surface area is 91.9 Å². The number of rotatable bonds is 7. The first-order valence-corrected chi connectivity index (χ1v) is 5.66. The molecule has 1 N–H and O–H groups in total. The topological polar surface area (TPSA) is 34.1 Å². The number of nitrogens with one attached hydrogen (secondary N) is 1. The van der Waals surface area contributed by atoms with Crippen molar-refractivity contribution in [2.45, 2.75) is 33.2 Å². The minimum Gasteiger partial charge on any atom is -0.478 e. The van der Waals surface area contributed by atoms with E-state index in [2.05, 4.69) is 24.1 Å². The van der Waals surface area contributed by atoms with Crippen LogP contribution in [0.1, 0.15) is 32.4 Å². The van der Waals surface area contributed by atoms with Crippen molar-refractivity contribution in [1.29, 1.82) is 0 Å². The minimum atomic E-state index is 0.735. The lowest BCUT2D eigenvalue weighted by Gasteiger charge is -2.06. The Hall–Kier alpha value is -1.09. The Bertz CT molecular complexity index is 276. The highest BCUT2D eigenvalue weighted by atomic mass is 16.5. The monoisotopic (exact) mass is 208 g/mol. The van der Waals surface area contributed by atoms with Crippen LogP contribution < -0.4 is 10.1 Å². The molecule has 0 aliphatic rings. The molecule has 0 radical (unpaired) electrons. The maximum atomic E-state index is 5.53. The maximum absolute atomic E-state index is 5.53. The van der Waals surface area contributed by atoms with E-state index < -0.39 is 0 Å². The van der Waals surface area contributed by atoms with Gasteiger partial charge in [-0.3, -0.25) is 0 Å². The third-order valence-electron chi connectivity index (χ3n) is 2.09. The lowest BCUT2D eigenvalue weighted by Crippen LogP contribution is -2.13. The van der Waals surface area contributed by atoms with Crippen LogP contribution in [0.2, 0.25) is 0 Å². The lowest BCUT2D eigenvalue weighted by molar-refractivity contribution is 0.297. The zero-order chi connectivity index (χ0) is 10.9. The van der Waals surface area contributed by atoms with E-state index in [1.54, 1.807) is 0 Å². The SMILES string of the molecule is CCCCOc1cccc(CNCC)n1. The van der Waals surface area contributed by atoms with Gasteiger partial charge in [-0.15, -0.1) is 0 Å². The number of nitrogens with zero attached hydrogens (tertiary/aromatic N) is 1. The van der Waals surface area contributed by atoms with Gasteiger partial charge in [0.15, 0.2) is 0 Å². The summed E-state index contributed by atoms with van der Waals surface area (Å²) in [6.07, 6.45) is 2.23. The Balaban J connectivity index is 2.42. The zero-order valence-electron chi connectivity index (χ0n) is 9.62. The summed E-state index contributed by atoms with van der Waals surface area (Å²) in [5.74, 6) is 0.735. The molecule has 1 aromatic heterocycles. The second kappa shape index (κ2) is 7.23. The second-order valence-electron chi connectivity index (χ2n) is 3.45. The number of pyridine rings is 1. The van der Waals surface area contributed by atoms with Gasteiger partial charge in [0.1, 0.15) is 0 Å². The molecule has 0 aliphatic carbocycles. The third-order valence-corrected chi connectivity index (χ3v) is 2.09. The summed E-state index contributed by atoms with van der Waals surface area (Å²) in [7, 11) is 0. The van der Waals surface area contributed by atoms with Crippen LogP contribution in [-0.2, 0) is 6.54 Å². The Morgan fingerprint density at radius 1 is 1.33 bits per heavy atom. The molecule has 84 valence electrons. The van der Waals surface area contributed by atoms with Crippen molar-refractivity contribution in [3.63, 3.8) is 0 Å². The van der Waals surface area contributed by atoms with Crippen LogP contribution >= 0.6 is 0 Å². The molecule has 0 fully saturated rings. The molecule has 0 atom stereocenters. The molecule has 1 aromatic rings. The number of unbranched alkanes of at least 4 members (excludes halogenated alkanes) is 1. The van der Waals surface area contributed by atoms with Gasteiger partial charge < -0.3 is 10.1 Å². The smallest absolute Gasteiger partial charge is 0.213 e. The van der Waals surface area contributed by atoms with Gasteiger partial charge in [-0.05, 0) is 19.0 Å². The Morgan fingerprint density at radius 2 is 2.20 bits per heavy atom. The molecule has 3 heteroatoms. The fourth-order valence-corrected chi connectivity index (χ4v) is 1.21. The van der Waals surface area contributed by atoms with Crippen molar-refractivity contribution < 1.29 is 4.74 Å². The molecule has 0 saturated carbocycles. The van der Waals surface area contributed by atoms with Gasteiger partial charge in [0.25, 0.3) is 0 Å². The van der Waals surface area contributed by atoms with Crippen molar-refractivity contribution in [1.82, 2.24) is 10.3 Å². The molecule has 0 amide bonds. The van der Waals surface area contributed by atoms with Gasteiger partial charge in [-0.2, -0.15) is 0 Å². The molecule has 3 nitrogen and oxygen atoms in total. The summed E-state index contributed by atoms with van der Waals surface area (Å²) in [4.78, 5) is 4.40. The van der Waals surface area contributed by atoms with Crippen LogP contribution in [0.5, 0.6) is 5.88 Å². The van der Waals surface area contributed by atoms with Crippen LogP contribution in [0, 0.1) is 0 Å². The van der Waals surface area contributed by atoms with Gasteiger partial charge in [-0.1, -0.05) is 26.3 Å². The second-order valence-corrected chi connectivity index (χ2v) is 3.45. The first kappa shape index (κ1) is 12.0. The number of ether oxygens (including phenoxy) is 1. The molecule has 0 bridgehead atoms. The molecule has 1 heterocycles. The minimum absolute atomic E-state index is 0.735. The molecule has 0 aromatic carbocycles. The standard InChI is InChI=1S/C12H20N2O/c1-3-5-9-15-12-8-6-7-11(14-12)10-13-4-2/h6-8,13H,3-5,9-10H2,1-2H3. The van der Waals surface area contributed by atoms with Crippen molar-refractivity contribution in [3.05, 3.63) is 23.9 Å². The van der Waals surface area contributed by atoms with Gasteiger partial charge in [-0.25, -0.2) is 4.98 Å². The first-order chi connectivity index (χ1) is 7.36. The van der Waals surface area contributed by atoms with E-state index in [4.69, 9.17) is 4.74 Å². The molecule has 15 heavy (non-hydrogen) atoms. The van der Waals surface area contributed by atoms with E-state index in [1.165, 1.54) is 0 Å². The number of hydrogen-bond acceptors (Lipinski definition) is 3. The highest BCUT2D eigenvalue weighted by molar-refractivity contribution is 5.15. The molecule has 0 saturated heterocycles. The first-order valence-electron chi connectivity index (χ1n) is 5.66. The average molecular weight is 208 g/mol. The predicted molar refractivity (Wildman–Crippen MR) is 62.0 cm³/mol. The van der Waals surface area contributed by atoms with Crippen molar-refractivity contribution in [2.24, 2.45) is 0 Å². The number of hydrogen-bond donors (Lipinski definition) is 1. The summed E-state index contributed by atoms with van der Waals surface area (Å²) in [5.41, 5.74) is 1.03. The van der Waals surface area contributed by atoms with E-state index in [0.29, 0.717) is 0 Å². The van der Waals surface area contributed by atoms with Crippen molar-refractivity contribution in [2.75, 3.05) is 13.2 Å². The van der Waals surface area contributed by atoms with E-state index in [1.807, 2.05) is 18.2 Å². The van der Waals surface area contributed by atoms with Gasteiger partial charge in [0, 0.05) is 12.6 Å². The van der Waals surface area contributed by atoms with Crippen LogP contribution in [0.3, 0.4) is 0 Å². The Kier molecular flexibility index (Phi) is 5.78. The molecular formula is C12H20N2O. The molecule has 1 rings (SSSR count). The fraction of sp³-hybridized carbons (Fsp3) is 0.583. The largest absolute Gasteiger partial charge is 0.478 e. The van der Waals surface area contributed by atoms with E-state index in [9.17, 15) is 0 Å². The molecule has 0 unspecified atom stereocenters. The van der Waals surface area contributed by atoms with E-state index in [0.717, 1.165) is 44.1 Å². The van der Waals surface area contributed by atoms with Gasteiger partial charge >= 0.3 is 0 Å². The summed E-state index contributed by atoms with van der Waals surface area (Å²) >= 11 is 0. The third kappa shape index (κ3) is 4.79. The van der Waals surface area contributed by atoms with Crippen molar-refractivity contribution in [3.8, 4) is 5.88 Å². The predicted octanol–water partition coefficient (Wildman–Crippen LogP) is 2.37. The zero-order valence-corrected chi connectivity index (χ0v) is 9.62. The molecule has 0 aliphatic heterocycles. The lowest BCUT2D eigenvalue weighted by atomic mass is 10.3.